The number of aromatic nitrogens is 3. The minimum absolute atomic E-state index is 0. The normalized spacial score (nSPS) is 11.4. The summed E-state index contributed by atoms with van der Waals surface area (Å²) in [5, 5.41) is 15.3. The molecule has 6 nitrogen and oxygen atoms in total. The van der Waals surface area contributed by atoms with Crippen LogP contribution < -0.4 is 10.6 Å². The van der Waals surface area contributed by atoms with Gasteiger partial charge in [0.2, 0.25) is 0 Å². The highest BCUT2D eigenvalue weighted by Gasteiger charge is 2.14. The molecule has 2 aromatic heterocycles. The number of nitrogens with zero attached hydrogens (tertiary/aromatic N) is 4. The van der Waals surface area contributed by atoms with E-state index in [0.717, 1.165) is 36.9 Å². The lowest BCUT2D eigenvalue weighted by atomic mass is 9.88. The van der Waals surface area contributed by atoms with Crippen LogP contribution in [0.15, 0.2) is 90.1 Å². The van der Waals surface area contributed by atoms with Crippen LogP contribution in [0.25, 0.3) is 5.65 Å². The third-order valence-electron chi connectivity index (χ3n) is 5.24. The molecule has 2 aromatic carbocycles. The molecule has 0 fully saturated rings. The fraction of sp³-hybridized carbons (Fsp3) is 0.240. The number of halogens is 1. The van der Waals surface area contributed by atoms with Crippen LogP contribution in [0.3, 0.4) is 0 Å². The summed E-state index contributed by atoms with van der Waals surface area (Å²) < 4.78 is 1.97. The predicted molar refractivity (Wildman–Crippen MR) is 141 cm³/mol. The second kappa shape index (κ2) is 12.2. The van der Waals surface area contributed by atoms with Gasteiger partial charge in [-0.1, -0.05) is 66.7 Å². The van der Waals surface area contributed by atoms with E-state index in [1.54, 1.807) is 0 Å². The second-order valence-electron chi connectivity index (χ2n) is 7.33. The number of nitrogens with one attached hydrogen (secondary N) is 2. The van der Waals surface area contributed by atoms with Gasteiger partial charge in [-0.15, -0.1) is 34.2 Å². The van der Waals surface area contributed by atoms with E-state index in [1.807, 2.05) is 28.8 Å². The van der Waals surface area contributed by atoms with E-state index in [-0.39, 0.29) is 24.0 Å². The van der Waals surface area contributed by atoms with Crippen LogP contribution in [-0.4, -0.2) is 33.6 Å². The van der Waals surface area contributed by atoms with Crippen LogP contribution in [0.4, 0.5) is 0 Å². The Morgan fingerprint density at radius 1 is 0.875 bits per heavy atom. The maximum Gasteiger partial charge on any atom is 0.191 e. The maximum absolute atomic E-state index is 4.72. The van der Waals surface area contributed by atoms with Crippen molar-refractivity contribution in [3.63, 3.8) is 0 Å². The number of guanidine groups is 1. The molecule has 0 aliphatic carbocycles. The van der Waals surface area contributed by atoms with Crippen LogP contribution in [-0.2, 0) is 6.54 Å². The van der Waals surface area contributed by atoms with Gasteiger partial charge < -0.3 is 10.6 Å². The van der Waals surface area contributed by atoms with Gasteiger partial charge in [0.15, 0.2) is 17.4 Å². The van der Waals surface area contributed by atoms with E-state index in [1.165, 1.54) is 11.1 Å². The number of benzene rings is 2. The Bertz CT molecular complexity index is 1070. The average Bonchev–Trinajstić information content (AvgIpc) is 3.24. The molecule has 4 rings (SSSR count). The quantitative estimate of drug-likeness (QED) is 0.195. The Balaban J connectivity index is 0.00000289. The summed E-state index contributed by atoms with van der Waals surface area (Å²) in [5.74, 6) is 1.94. The van der Waals surface area contributed by atoms with Crippen molar-refractivity contribution in [2.24, 2.45) is 4.99 Å². The Kier molecular flexibility index (Phi) is 9.03. The molecule has 0 aliphatic rings. The van der Waals surface area contributed by atoms with E-state index in [0.29, 0.717) is 12.5 Å². The lowest BCUT2D eigenvalue weighted by Gasteiger charge is -2.19. The number of hydrogen-bond acceptors (Lipinski definition) is 3. The van der Waals surface area contributed by atoms with Gasteiger partial charge in [-0.3, -0.25) is 4.40 Å². The topological polar surface area (TPSA) is 66.6 Å². The van der Waals surface area contributed by atoms with Gasteiger partial charge in [0.25, 0.3) is 0 Å². The Labute approximate surface area is 206 Å². The molecule has 32 heavy (non-hydrogen) atoms. The number of hydrogen-bond donors (Lipinski definition) is 2. The minimum atomic E-state index is 0. The van der Waals surface area contributed by atoms with Crippen LogP contribution in [0.2, 0.25) is 0 Å². The molecular formula is C25H29IN6. The SMILES string of the molecule is CCNC(=NCc1nnc2ccccn12)NCCC(c1ccccc1)c1ccccc1.I. The molecule has 0 atom stereocenters. The summed E-state index contributed by atoms with van der Waals surface area (Å²) in [6, 6.07) is 27.2. The van der Waals surface area contributed by atoms with Crippen molar-refractivity contribution >= 4 is 35.6 Å². The summed E-state index contributed by atoms with van der Waals surface area (Å²) in [7, 11) is 0. The first-order valence-electron chi connectivity index (χ1n) is 10.8. The second-order valence-corrected chi connectivity index (χ2v) is 7.33. The molecule has 0 radical (unpaired) electrons. The molecule has 166 valence electrons. The Morgan fingerprint density at radius 3 is 2.19 bits per heavy atom. The average molecular weight is 540 g/mol. The first-order valence-corrected chi connectivity index (χ1v) is 10.8. The lowest BCUT2D eigenvalue weighted by molar-refractivity contribution is 0.678. The van der Waals surface area contributed by atoms with Gasteiger partial charge in [0.05, 0.1) is 0 Å². The van der Waals surface area contributed by atoms with E-state index < -0.39 is 0 Å². The summed E-state index contributed by atoms with van der Waals surface area (Å²) in [6.07, 6.45) is 2.93. The standard InChI is InChI=1S/C25H28N6.HI/c1-2-26-25(28-19-24-30-29-23-15-9-10-18-31(23)24)27-17-16-22(20-11-5-3-6-12-20)21-13-7-4-8-14-21;/h3-15,18,22H,2,16-17,19H2,1H3,(H2,26,27,28);1H. The summed E-state index contributed by atoms with van der Waals surface area (Å²) >= 11 is 0. The number of pyridine rings is 1. The monoisotopic (exact) mass is 540 g/mol. The van der Waals surface area contributed by atoms with Crippen LogP contribution in [0, 0.1) is 0 Å². The first kappa shape index (κ1) is 23.7. The molecule has 7 heteroatoms. The van der Waals surface area contributed by atoms with Crippen LogP contribution in [0.5, 0.6) is 0 Å². The lowest BCUT2D eigenvalue weighted by Crippen LogP contribution is -2.38. The van der Waals surface area contributed by atoms with Crippen molar-refractivity contribution in [3.8, 4) is 0 Å². The molecule has 0 bridgehead atoms. The molecule has 0 spiro atoms. The molecule has 0 saturated heterocycles. The molecule has 4 aromatic rings. The molecule has 2 N–H and O–H groups in total. The van der Waals surface area contributed by atoms with Gasteiger partial charge in [0, 0.05) is 25.2 Å². The van der Waals surface area contributed by atoms with Gasteiger partial charge >= 0.3 is 0 Å². The molecule has 0 aliphatic heterocycles. The zero-order valence-electron chi connectivity index (χ0n) is 18.2. The summed E-state index contributed by atoms with van der Waals surface area (Å²) in [4.78, 5) is 4.72. The van der Waals surface area contributed by atoms with Crippen molar-refractivity contribution < 1.29 is 0 Å². The summed E-state index contributed by atoms with van der Waals surface area (Å²) in [6.45, 7) is 4.13. The van der Waals surface area contributed by atoms with Crippen molar-refractivity contribution in [2.75, 3.05) is 13.1 Å². The third kappa shape index (κ3) is 6.06. The van der Waals surface area contributed by atoms with Gasteiger partial charge in [-0.05, 0) is 36.6 Å². The zero-order valence-corrected chi connectivity index (χ0v) is 20.5. The van der Waals surface area contributed by atoms with Crippen LogP contribution in [0.1, 0.15) is 36.2 Å². The van der Waals surface area contributed by atoms with E-state index in [9.17, 15) is 0 Å². The third-order valence-corrected chi connectivity index (χ3v) is 5.24. The zero-order chi connectivity index (χ0) is 21.3. The summed E-state index contributed by atoms with van der Waals surface area (Å²) in [5.41, 5.74) is 3.49. The van der Waals surface area contributed by atoms with Crippen LogP contribution >= 0.6 is 24.0 Å². The molecule has 2 heterocycles. The number of aliphatic imine (C=N–C) groups is 1. The molecule has 0 amide bonds. The molecule has 0 unspecified atom stereocenters. The molecule has 0 saturated carbocycles. The predicted octanol–water partition coefficient (Wildman–Crippen LogP) is 4.62. The van der Waals surface area contributed by atoms with Crippen molar-refractivity contribution in [3.05, 3.63) is 102 Å². The van der Waals surface area contributed by atoms with Crippen molar-refractivity contribution in [1.82, 2.24) is 25.2 Å². The smallest absolute Gasteiger partial charge is 0.191 e. The van der Waals surface area contributed by atoms with Crippen molar-refractivity contribution in [2.45, 2.75) is 25.8 Å². The van der Waals surface area contributed by atoms with E-state index in [4.69, 9.17) is 4.99 Å². The Morgan fingerprint density at radius 2 is 1.53 bits per heavy atom. The fourth-order valence-corrected chi connectivity index (χ4v) is 3.72. The largest absolute Gasteiger partial charge is 0.357 e. The van der Waals surface area contributed by atoms with Gasteiger partial charge in [0.1, 0.15) is 6.54 Å². The first-order chi connectivity index (χ1) is 15.3. The highest BCUT2D eigenvalue weighted by atomic mass is 127. The van der Waals surface area contributed by atoms with Gasteiger partial charge in [-0.2, -0.15) is 0 Å². The minimum Gasteiger partial charge on any atom is -0.357 e. The Hall–Kier alpha value is -2.94. The van der Waals surface area contributed by atoms with Gasteiger partial charge in [-0.25, -0.2) is 4.99 Å². The van der Waals surface area contributed by atoms with E-state index in [2.05, 4.69) is 88.4 Å². The van der Waals surface area contributed by atoms with E-state index >= 15 is 0 Å². The van der Waals surface area contributed by atoms with Crippen molar-refractivity contribution in [1.29, 1.82) is 0 Å². The number of fused-ring (bicyclic) bond motifs is 1. The highest BCUT2D eigenvalue weighted by molar-refractivity contribution is 14.0. The fourth-order valence-electron chi connectivity index (χ4n) is 3.72. The highest BCUT2D eigenvalue weighted by Crippen LogP contribution is 2.27. The maximum atomic E-state index is 4.72. The molecular weight excluding hydrogens is 511 g/mol. The number of rotatable bonds is 8.